The summed E-state index contributed by atoms with van der Waals surface area (Å²) in [5.74, 6) is -1.19. The van der Waals surface area contributed by atoms with E-state index in [0.717, 1.165) is 33.1 Å². The van der Waals surface area contributed by atoms with Crippen molar-refractivity contribution < 1.29 is 23.8 Å². The van der Waals surface area contributed by atoms with Crippen LogP contribution in [0.5, 0.6) is 5.75 Å². The maximum absolute atomic E-state index is 14.1. The fourth-order valence-corrected chi connectivity index (χ4v) is 3.82. The van der Waals surface area contributed by atoms with Gasteiger partial charge in [-0.3, -0.25) is 4.79 Å². The van der Waals surface area contributed by atoms with Crippen LogP contribution in [0.2, 0.25) is 0 Å². The van der Waals surface area contributed by atoms with Crippen molar-refractivity contribution in [2.75, 3.05) is 13.2 Å². The van der Waals surface area contributed by atoms with Gasteiger partial charge in [0.15, 0.2) is 6.61 Å². The van der Waals surface area contributed by atoms with Gasteiger partial charge in [-0.25, -0.2) is 9.18 Å². The Morgan fingerprint density at radius 1 is 1.13 bits per heavy atom. The molecule has 0 aliphatic carbocycles. The van der Waals surface area contributed by atoms with E-state index >= 15 is 0 Å². The molecule has 0 spiro atoms. The number of carboxylic acid groups (broad SMARTS) is 1. The first-order valence-corrected chi connectivity index (χ1v) is 9.85. The predicted octanol–water partition coefficient (Wildman–Crippen LogP) is 3.84. The van der Waals surface area contributed by atoms with Crippen LogP contribution in [0.3, 0.4) is 0 Å². The fraction of sp³-hybridized carbons (Fsp3) is 0.217. The second-order valence-corrected chi connectivity index (χ2v) is 7.46. The molecule has 0 saturated heterocycles. The number of carboxylic acids is 1. The maximum Gasteiger partial charge on any atom is 0.341 e. The number of carbonyl (C=O) groups excluding carboxylic acids is 1. The van der Waals surface area contributed by atoms with Crippen LogP contribution in [0.1, 0.15) is 27.3 Å². The lowest BCUT2D eigenvalue weighted by Crippen LogP contribution is -2.26. The predicted molar refractivity (Wildman–Crippen MR) is 115 cm³/mol. The van der Waals surface area contributed by atoms with Gasteiger partial charge in [-0.2, -0.15) is 0 Å². The van der Waals surface area contributed by atoms with Crippen LogP contribution >= 0.6 is 0 Å². The minimum Gasteiger partial charge on any atom is -0.482 e. The van der Waals surface area contributed by atoms with Crippen molar-refractivity contribution in [3.8, 4) is 5.75 Å². The summed E-state index contributed by atoms with van der Waals surface area (Å²) < 4.78 is 19.3. The van der Waals surface area contributed by atoms with E-state index in [1.165, 1.54) is 6.07 Å². The van der Waals surface area contributed by atoms with Gasteiger partial charge in [0, 0.05) is 28.5 Å². The molecule has 0 bridgehead atoms. The van der Waals surface area contributed by atoms with Crippen molar-refractivity contribution in [2.45, 2.75) is 20.3 Å². The number of carbonyl (C=O) groups is 2. The summed E-state index contributed by atoms with van der Waals surface area (Å²) in [6.45, 7) is 3.80. The number of ether oxygens (including phenoxy) is 1. The van der Waals surface area contributed by atoms with Crippen LogP contribution in [-0.4, -0.2) is 40.1 Å². The first kappa shape index (κ1) is 20.5. The molecule has 2 aromatic heterocycles. The summed E-state index contributed by atoms with van der Waals surface area (Å²) >= 11 is 0. The summed E-state index contributed by atoms with van der Waals surface area (Å²) in [5.41, 5.74) is 4.49. The van der Waals surface area contributed by atoms with Gasteiger partial charge < -0.3 is 25.1 Å². The summed E-state index contributed by atoms with van der Waals surface area (Å²) in [6.07, 6.45) is 0.565. The Morgan fingerprint density at radius 2 is 1.94 bits per heavy atom. The standard InChI is InChI=1S/C23H22FN3O4/c1-12-3-5-17(24)22-21(12)16(13(2)26-22)7-8-25-23(30)19-10-14-9-15(31-11-20(28)29)4-6-18(14)27-19/h3-6,9-10,26-27H,7-8,11H2,1-2H3,(H,25,30)(H,28,29). The second kappa shape index (κ2) is 8.14. The quantitative estimate of drug-likeness (QED) is 0.362. The molecule has 0 atom stereocenters. The number of rotatable bonds is 7. The van der Waals surface area contributed by atoms with E-state index in [1.54, 1.807) is 30.3 Å². The Labute approximate surface area is 177 Å². The Morgan fingerprint density at radius 3 is 2.71 bits per heavy atom. The molecule has 160 valence electrons. The van der Waals surface area contributed by atoms with Crippen LogP contribution in [0.4, 0.5) is 4.39 Å². The van der Waals surface area contributed by atoms with E-state index in [2.05, 4.69) is 15.3 Å². The molecule has 0 saturated carbocycles. The number of amides is 1. The molecule has 4 aromatic rings. The van der Waals surface area contributed by atoms with Crippen molar-refractivity contribution in [1.82, 2.24) is 15.3 Å². The third kappa shape index (κ3) is 4.09. The average molecular weight is 423 g/mol. The van der Waals surface area contributed by atoms with Gasteiger partial charge in [0.1, 0.15) is 17.3 Å². The van der Waals surface area contributed by atoms with Gasteiger partial charge in [-0.05, 0) is 61.7 Å². The molecular formula is C23H22FN3O4. The van der Waals surface area contributed by atoms with Gasteiger partial charge in [-0.1, -0.05) is 6.07 Å². The highest BCUT2D eigenvalue weighted by atomic mass is 19.1. The van der Waals surface area contributed by atoms with Crippen molar-refractivity contribution in [3.05, 3.63) is 64.7 Å². The fourth-order valence-electron chi connectivity index (χ4n) is 3.82. The highest BCUT2D eigenvalue weighted by molar-refractivity contribution is 5.98. The third-order valence-electron chi connectivity index (χ3n) is 5.29. The molecule has 2 aromatic carbocycles. The van der Waals surface area contributed by atoms with Crippen LogP contribution in [0.25, 0.3) is 21.8 Å². The number of H-pyrrole nitrogens is 2. The Balaban J connectivity index is 1.45. The molecule has 4 rings (SSSR count). The molecule has 0 aliphatic rings. The first-order chi connectivity index (χ1) is 14.8. The van der Waals surface area contributed by atoms with E-state index < -0.39 is 12.6 Å². The highest BCUT2D eigenvalue weighted by Crippen LogP contribution is 2.28. The zero-order valence-corrected chi connectivity index (χ0v) is 17.1. The van der Waals surface area contributed by atoms with Gasteiger partial charge >= 0.3 is 5.97 Å². The summed E-state index contributed by atoms with van der Waals surface area (Å²) in [4.78, 5) is 29.4. The number of nitrogens with one attached hydrogen (secondary N) is 3. The third-order valence-corrected chi connectivity index (χ3v) is 5.29. The van der Waals surface area contributed by atoms with Crippen molar-refractivity contribution >= 4 is 33.7 Å². The molecule has 31 heavy (non-hydrogen) atoms. The monoisotopic (exact) mass is 423 g/mol. The normalized spacial score (nSPS) is 11.2. The number of hydrogen-bond donors (Lipinski definition) is 4. The Kier molecular flexibility index (Phi) is 5.37. The van der Waals surface area contributed by atoms with Gasteiger partial charge in [0.25, 0.3) is 5.91 Å². The molecule has 8 heteroatoms. The molecule has 0 radical (unpaired) electrons. The zero-order valence-electron chi connectivity index (χ0n) is 17.1. The summed E-state index contributed by atoms with van der Waals surface area (Å²) in [6, 6.07) is 9.95. The average Bonchev–Trinajstić information content (AvgIpc) is 3.31. The topological polar surface area (TPSA) is 107 Å². The van der Waals surface area contributed by atoms with Crippen LogP contribution in [0.15, 0.2) is 36.4 Å². The van der Waals surface area contributed by atoms with Gasteiger partial charge in [0.05, 0.1) is 5.52 Å². The lowest BCUT2D eigenvalue weighted by Gasteiger charge is -2.06. The number of hydrogen-bond acceptors (Lipinski definition) is 3. The van der Waals surface area contributed by atoms with E-state index in [9.17, 15) is 14.0 Å². The molecule has 0 aliphatic heterocycles. The molecule has 0 unspecified atom stereocenters. The number of aryl methyl sites for hydroxylation is 2. The van der Waals surface area contributed by atoms with E-state index in [-0.39, 0.29) is 11.7 Å². The largest absolute Gasteiger partial charge is 0.482 e. The van der Waals surface area contributed by atoms with Crippen LogP contribution in [0, 0.1) is 19.7 Å². The lowest BCUT2D eigenvalue weighted by molar-refractivity contribution is -0.139. The van der Waals surface area contributed by atoms with Crippen LogP contribution < -0.4 is 10.1 Å². The number of aromatic amines is 2. The van der Waals surface area contributed by atoms with Crippen LogP contribution in [-0.2, 0) is 11.2 Å². The van der Waals surface area contributed by atoms with E-state index in [1.807, 2.05) is 13.8 Å². The van der Waals surface area contributed by atoms with Crippen molar-refractivity contribution in [2.24, 2.45) is 0 Å². The second-order valence-electron chi connectivity index (χ2n) is 7.46. The molecule has 4 N–H and O–H groups in total. The zero-order chi connectivity index (χ0) is 22.1. The Bertz CT molecular complexity index is 1310. The minimum atomic E-state index is -1.06. The number of benzene rings is 2. The Hall–Kier alpha value is -3.81. The van der Waals surface area contributed by atoms with Gasteiger partial charge in [-0.15, -0.1) is 0 Å². The smallest absolute Gasteiger partial charge is 0.341 e. The number of fused-ring (bicyclic) bond motifs is 2. The lowest BCUT2D eigenvalue weighted by atomic mass is 10.0. The minimum absolute atomic E-state index is 0.260. The number of aromatic nitrogens is 2. The SMILES string of the molecule is Cc1[nH]c2c(F)ccc(C)c2c1CCNC(=O)c1cc2cc(OCC(=O)O)ccc2[nH]1. The molecule has 0 fully saturated rings. The van der Waals surface area contributed by atoms with Crippen molar-refractivity contribution in [1.29, 1.82) is 0 Å². The number of aliphatic carboxylic acids is 1. The van der Waals surface area contributed by atoms with Gasteiger partial charge in [0.2, 0.25) is 0 Å². The summed E-state index contributed by atoms with van der Waals surface area (Å²) in [5, 5.41) is 13.2. The number of halogens is 1. The summed E-state index contributed by atoms with van der Waals surface area (Å²) in [7, 11) is 0. The first-order valence-electron chi connectivity index (χ1n) is 9.85. The van der Waals surface area contributed by atoms with Crippen molar-refractivity contribution in [3.63, 3.8) is 0 Å². The maximum atomic E-state index is 14.1. The molecule has 7 nitrogen and oxygen atoms in total. The van der Waals surface area contributed by atoms with E-state index in [0.29, 0.717) is 29.9 Å². The molecular weight excluding hydrogens is 401 g/mol. The highest BCUT2D eigenvalue weighted by Gasteiger charge is 2.15. The molecule has 1 amide bonds. The molecule has 2 heterocycles. The van der Waals surface area contributed by atoms with E-state index in [4.69, 9.17) is 9.84 Å².